The molecule has 42 heavy (non-hydrogen) atoms. The zero-order valence-electron chi connectivity index (χ0n) is 24.2. The number of halogens is 1. The van der Waals surface area contributed by atoms with Gasteiger partial charge >= 0.3 is 12.1 Å². The molecule has 0 radical (unpaired) electrons. The molecule has 0 bridgehead atoms. The number of nitrogens with one attached hydrogen (secondary N) is 1. The van der Waals surface area contributed by atoms with Crippen molar-refractivity contribution in [2.75, 3.05) is 11.9 Å². The van der Waals surface area contributed by atoms with Crippen LogP contribution in [0.25, 0.3) is 16.9 Å². The van der Waals surface area contributed by atoms with Crippen LogP contribution in [0.1, 0.15) is 61.2 Å². The van der Waals surface area contributed by atoms with E-state index in [1.54, 1.807) is 27.7 Å². The van der Waals surface area contributed by atoms with E-state index in [4.69, 9.17) is 14.2 Å². The van der Waals surface area contributed by atoms with E-state index in [-0.39, 0.29) is 23.7 Å². The Morgan fingerprint density at radius 3 is 2.62 bits per heavy atom. The number of aliphatic carboxylic acids is 1. The molecule has 11 heteroatoms. The molecule has 1 aliphatic rings. The Bertz CT molecular complexity index is 1660. The summed E-state index contributed by atoms with van der Waals surface area (Å²) in [6.07, 6.45) is -0.842. The molecule has 2 aromatic heterocycles. The summed E-state index contributed by atoms with van der Waals surface area (Å²) in [6.45, 7) is 9.25. The van der Waals surface area contributed by atoms with Crippen LogP contribution in [-0.4, -0.2) is 44.0 Å². The number of carbonyl (C=O) groups excluding carboxylic acids is 1. The Labute approximate surface area is 242 Å². The summed E-state index contributed by atoms with van der Waals surface area (Å²) in [7, 11) is 0. The molecule has 1 unspecified atom stereocenters. The highest BCUT2D eigenvalue weighted by molar-refractivity contribution is 5.85. The summed E-state index contributed by atoms with van der Waals surface area (Å²) in [5.41, 5.74) is 3.06. The van der Waals surface area contributed by atoms with Gasteiger partial charge in [0.15, 0.2) is 29.1 Å². The van der Waals surface area contributed by atoms with Gasteiger partial charge in [0.05, 0.1) is 17.9 Å². The molecule has 3 heterocycles. The first-order valence-corrected chi connectivity index (χ1v) is 13.7. The number of amides is 1. The number of carboxylic acid groups (broad SMARTS) is 1. The van der Waals surface area contributed by atoms with Crippen LogP contribution in [0.2, 0.25) is 0 Å². The maximum Gasteiger partial charge on any atom is 0.413 e. The Hall–Kier alpha value is -4.51. The number of nitrogens with zero attached hydrogens (tertiary/aromatic N) is 3. The van der Waals surface area contributed by atoms with Crippen LogP contribution in [0.4, 0.5) is 15.0 Å². The fourth-order valence-corrected chi connectivity index (χ4v) is 5.12. The number of ether oxygens (including phenoxy) is 3. The second-order valence-corrected chi connectivity index (χ2v) is 11.2. The van der Waals surface area contributed by atoms with Gasteiger partial charge in [-0.05, 0) is 64.7 Å². The maximum absolute atomic E-state index is 15.5. The van der Waals surface area contributed by atoms with Gasteiger partial charge < -0.3 is 19.3 Å². The first-order valence-electron chi connectivity index (χ1n) is 13.7. The van der Waals surface area contributed by atoms with Gasteiger partial charge in [-0.25, -0.2) is 23.5 Å². The van der Waals surface area contributed by atoms with Crippen molar-refractivity contribution < 1.29 is 33.3 Å². The van der Waals surface area contributed by atoms with Crippen LogP contribution >= 0.6 is 0 Å². The summed E-state index contributed by atoms with van der Waals surface area (Å²) >= 11 is 0. The van der Waals surface area contributed by atoms with E-state index in [2.05, 4.69) is 15.4 Å². The third-order valence-electron chi connectivity index (χ3n) is 6.92. The van der Waals surface area contributed by atoms with Crippen LogP contribution < -0.4 is 10.1 Å². The van der Waals surface area contributed by atoms with E-state index in [0.29, 0.717) is 41.2 Å². The van der Waals surface area contributed by atoms with Crippen LogP contribution in [0.3, 0.4) is 0 Å². The highest BCUT2D eigenvalue weighted by Gasteiger charge is 2.34. The third kappa shape index (κ3) is 5.91. The summed E-state index contributed by atoms with van der Waals surface area (Å²) in [6, 6.07) is 12.1. The molecule has 0 fully saturated rings. The lowest BCUT2D eigenvalue weighted by molar-refractivity contribution is -0.160. The first-order chi connectivity index (χ1) is 19.9. The smallest absolute Gasteiger partial charge is 0.413 e. The van der Waals surface area contributed by atoms with Crippen LogP contribution in [-0.2, 0) is 27.3 Å². The molecule has 4 aromatic rings. The number of aryl methyl sites for hydroxylation is 1. The predicted molar refractivity (Wildman–Crippen MR) is 153 cm³/mol. The summed E-state index contributed by atoms with van der Waals surface area (Å²) < 4.78 is 33.9. The summed E-state index contributed by atoms with van der Waals surface area (Å²) in [4.78, 5) is 29.8. The van der Waals surface area contributed by atoms with Gasteiger partial charge in [-0.2, -0.15) is 0 Å². The molecule has 2 aromatic carbocycles. The van der Waals surface area contributed by atoms with E-state index in [9.17, 15) is 14.7 Å². The Morgan fingerprint density at radius 1 is 1.19 bits per heavy atom. The molecule has 0 saturated heterocycles. The molecule has 5 rings (SSSR count). The molecule has 0 saturated carbocycles. The molecular formula is C31H33FN4O6. The molecule has 1 aliphatic heterocycles. The zero-order chi connectivity index (χ0) is 30.2. The maximum atomic E-state index is 15.5. The minimum absolute atomic E-state index is 0.0624. The van der Waals surface area contributed by atoms with Crippen LogP contribution in [0.5, 0.6) is 5.75 Å². The van der Waals surface area contributed by atoms with E-state index >= 15 is 4.39 Å². The molecular weight excluding hydrogens is 543 g/mol. The van der Waals surface area contributed by atoms with Crippen molar-refractivity contribution in [3.05, 3.63) is 76.2 Å². The first kappa shape index (κ1) is 29.0. The molecule has 220 valence electrons. The van der Waals surface area contributed by atoms with Crippen molar-refractivity contribution in [3.8, 4) is 17.0 Å². The number of hydrogen-bond acceptors (Lipinski definition) is 7. The monoisotopic (exact) mass is 576 g/mol. The highest BCUT2D eigenvalue weighted by atomic mass is 19.1. The van der Waals surface area contributed by atoms with Gasteiger partial charge in [0.1, 0.15) is 6.61 Å². The number of anilines is 1. The Balaban J connectivity index is 1.65. The number of fused-ring (bicyclic) bond motifs is 2. The van der Waals surface area contributed by atoms with Gasteiger partial charge in [0.25, 0.3) is 0 Å². The van der Waals surface area contributed by atoms with Crippen LogP contribution in [0.15, 0.2) is 42.5 Å². The average molecular weight is 577 g/mol. The van der Waals surface area contributed by atoms with Crippen molar-refractivity contribution >= 4 is 23.5 Å². The number of rotatable bonds is 7. The third-order valence-corrected chi connectivity index (χ3v) is 6.92. The van der Waals surface area contributed by atoms with E-state index < -0.39 is 29.6 Å². The highest BCUT2D eigenvalue weighted by Crippen LogP contribution is 2.41. The molecule has 1 atom stereocenters. The molecule has 10 nitrogen and oxygen atoms in total. The number of aromatic nitrogens is 3. The van der Waals surface area contributed by atoms with E-state index in [0.717, 1.165) is 17.5 Å². The second kappa shape index (κ2) is 11.4. The van der Waals surface area contributed by atoms with Gasteiger partial charge in [-0.3, -0.25) is 5.32 Å². The standard InChI is InChI=1S/C31H33FN4O6/c1-17-20-12-9-13-40-27(20)22(32)14-21(17)26-25(28(29(37)38)42-31(3,4)5)18(2)33-24-15-23(35-36(24)26)34-30(39)41-16-19-10-7-6-8-11-19/h6-8,10-11,14-15,28H,9,12-13,16H2,1-5H3,(H,37,38)(H,34,35,39). The van der Waals surface area contributed by atoms with E-state index in [1.165, 1.54) is 16.6 Å². The molecule has 0 spiro atoms. The van der Waals surface area contributed by atoms with Crippen molar-refractivity contribution in [3.63, 3.8) is 0 Å². The lowest BCUT2D eigenvalue weighted by Gasteiger charge is -2.28. The minimum Gasteiger partial charge on any atom is -0.490 e. The fourth-order valence-electron chi connectivity index (χ4n) is 5.12. The van der Waals surface area contributed by atoms with Crippen molar-refractivity contribution in [1.29, 1.82) is 0 Å². The number of hydrogen-bond donors (Lipinski definition) is 2. The lowest BCUT2D eigenvalue weighted by Crippen LogP contribution is -2.29. The quantitative estimate of drug-likeness (QED) is 0.268. The Kier molecular flexibility index (Phi) is 7.87. The largest absolute Gasteiger partial charge is 0.490 e. The van der Waals surface area contributed by atoms with Crippen molar-refractivity contribution in [2.24, 2.45) is 0 Å². The van der Waals surface area contributed by atoms with Gasteiger partial charge in [-0.1, -0.05) is 30.3 Å². The average Bonchev–Trinajstić information content (AvgIpc) is 3.33. The SMILES string of the molecule is Cc1nc2cc(NC(=O)OCc3ccccc3)nn2c(-c2cc(F)c3c(c2C)CCCO3)c1C(OC(C)(C)C)C(=O)O. The topological polar surface area (TPSA) is 124 Å². The Morgan fingerprint density at radius 2 is 1.93 bits per heavy atom. The van der Waals surface area contributed by atoms with Crippen LogP contribution in [0, 0.1) is 19.7 Å². The molecule has 1 amide bonds. The normalized spacial score (nSPS) is 13.8. The zero-order valence-corrected chi connectivity index (χ0v) is 24.2. The fraction of sp³-hybridized carbons (Fsp3) is 0.355. The second-order valence-electron chi connectivity index (χ2n) is 11.2. The molecule has 2 N–H and O–H groups in total. The number of benzene rings is 2. The predicted octanol–water partition coefficient (Wildman–Crippen LogP) is 6.17. The van der Waals surface area contributed by atoms with Gasteiger partial charge in [0, 0.05) is 28.5 Å². The number of carbonyl (C=O) groups is 2. The lowest BCUT2D eigenvalue weighted by atomic mass is 9.91. The summed E-state index contributed by atoms with van der Waals surface area (Å²) in [5.74, 6) is -1.46. The number of carboxylic acids is 1. The van der Waals surface area contributed by atoms with Crippen molar-refractivity contribution in [2.45, 2.75) is 65.8 Å². The van der Waals surface area contributed by atoms with Gasteiger partial charge in [0.2, 0.25) is 0 Å². The van der Waals surface area contributed by atoms with Crippen molar-refractivity contribution in [1.82, 2.24) is 14.6 Å². The van der Waals surface area contributed by atoms with E-state index in [1.807, 2.05) is 37.3 Å². The molecule has 0 aliphatic carbocycles. The van der Waals surface area contributed by atoms with Gasteiger partial charge in [-0.15, -0.1) is 5.10 Å². The summed E-state index contributed by atoms with van der Waals surface area (Å²) in [5, 5.41) is 17.5. The minimum atomic E-state index is -1.44.